The molecule has 3 saturated carbocycles. The lowest BCUT2D eigenvalue weighted by molar-refractivity contribution is -0.180. The number of hydrogen-bond donors (Lipinski definition) is 3. The zero-order valence-electron chi connectivity index (χ0n) is 17.6. The topological polar surface area (TPSA) is 129 Å². The molecule has 0 saturated heterocycles. The van der Waals surface area contributed by atoms with E-state index in [4.69, 9.17) is 0 Å². The molecule has 3 N–H and O–H groups in total. The predicted octanol–water partition coefficient (Wildman–Crippen LogP) is 3.69. The van der Waals surface area contributed by atoms with Crippen molar-refractivity contribution in [3.05, 3.63) is 0 Å². The van der Waals surface area contributed by atoms with E-state index in [0.717, 1.165) is 19.3 Å². The van der Waals surface area contributed by atoms with E-state index in [1.54, 1.807) is 0 Å². The normalized spacial score (nSPS) is 45.1. The summed E-state index contributed by atoms with van der Waals surface area (Å²) in [5.74, 6) is -2.42. The summed E-state index contributed by atoms with van der Waals surface area (Å²) in [6.45, 7) is 5.85. The van der Waals surface area contributed by atoms with Crippen molar-refractivity contribution in [3.8, 4) is 0 Å². The van der Waals surface area contributed by atoms with E-state index >= 15 is 0 Å². The Labute approximate surface area is 173 Å². The molecule has 0 radical (unpaired) electrons. The zero-order chi connectivity index (χ0) is 21.8. The van der Waals surface area contributed by atoms with Crippen molar-refractivity contribution in [2.75, 3.05) is 5.75 Å². The molecule has 0 aromatic heterocycles. The van der Waals surface area contributed by atoms with Crippen LogP contribution in [0.15, 0.2) is 0 Å². The SMILES string of the molecule is CC1(CC(=O)O)CCC2C(CCC3C(C)(C(=O)O)CCCC23C)C1CS(=O)(=O)O. The minimum absolute atomic E-state index is 0.0209. The highest BCUT2D eigenvalue weighted by Gasteiger charge is 2.62. The second-order valence-electron chi connectivity index (χ2n) is 10.6. The maximum absolute atomic E-state index is 12.1. The molecule has 7 unspecified atom stereocenters. The zero-order valence-corrected chi connectivity index (χ0v) is 18.4. The Balaban J connectivity index is 2.00. The van der Waals surface area contributed by atoms with E-state index in [9.17, 15) is 32.8 Å². The van der Waals surface area contributed by atoms with Gasteiger partial charge >= 0.3 is 11.9 Å². The predicted molar refractivity (Wildman–Crippen MR) is 107 cm³/mol. The highest BCUT2D eigenvalue weighted by molar-refractivity contribution is 7.85. The van der Waals surface area contributed by atoms with Crippen LogP contribution in [0.4, 0.5) is 0 Å². The monoisotopic (exact) mass is 430 g/mol. The van der Waals surface area contributed by atoms with Gasteiger partial charge in [-0.15, -0.1) is 0 Å². The van der Waals surface area contributed by atoms with Gasteiger partial charge in [0.2, 0.25) is 0 Å². The van der Waals surface area contributed by atoms with Gasteiger partial charge in [0.15, 0.2) is 0 Å². The molecule has 0 aromatic carbocycles. The lowest BCUT2D eigenvalue weighted by Gasteiger charge is -2.63. The maximum Gasteiger partial charge on any atom is 0.309 e. The van der Waals surface area contributed by atoms with Crippen molar-refractivity contribution < 1.29 is 32.8 Å². The Morgan fingerprint density at radius 2 is 1.66 bits per heavy atom. The molecule has 3 fully saturated rings. The Hall–Kier alpha value is -1.15. The molecular formula is C21H34O7S. The molecule has 0 heterocycles. The average Bonchev–Trinajstić information content (AvgIpc) is 2.55. The standard InChI is InChI=1S/C21H34O7S/c1-19(11-17(22)23)10-7-14-13(15(19)12-29(26,27)28)5-6-16-20(14,2)8-4-9-21(16,3)18(24)25/h13-16H,4-12H2,1-3H3,(H,22,23)(H,24,25)(H,26,27,28). The Bertz CT molecular complexity index is 793. The fourth-order valence-corrected chi connectivity index (χ4v) is 8.74. The quantitative estimate of drug-likeness (QED) is 0.567. The molecule has 0 aliphatic heterocycles. The maximum atomic E-state index is 12.1. The van der Waals surface area contributed by atoms with Crippen LogP contribution in [0.3, 0.4) is 0 Å². The van der Waals surface area contributed by atoms with E-state index in [2.05, 4.69) is 6.92 Å². The van der Waals surface area contributed by atoms with Gasteiger partial charge in [-0.05, 0) is 80.0 Å². The van der Waals surface area contributed by atoms with Gasteiger partial charge in [-0.25, -0.2) is 0 Å². The van der Waals surface area contributed by atoms with E-state index in [1.165, 1.54) is 0 Å². The van der Waals surface area contributed by atoms with Crippen LogP contribution in [0.25, 0.3) is 0 Å². The van der Waals surface area contributed by atoms with Crippen LogP contribution in [-0.2, 0) is 19.7 Å². The number of aliphatic carboxylic acids is 2. The lowest BCUT2D eigenvalue weighted by atomic mass is 9.41. The van der Waals surface area contributed by atoms with Crippen LogP contribution >= 0.6 is 0 Å². The molecule has 3 aliphatic rings. The van der Waals surface area contributed by atoms with Gasteiger partial charge in [0.25, 0.3) is 10.1 Å². The number of carboxylic acids is 2. The van der Waals surface area contributed by atoms with Gasteiger partial charge in [0, 0.05) is 0 Å². The summed E-state index contributed by atoms with van der Waals surface area (Å²) in [5, 5.41) is 19.4. The van der Waals surface area contributed by atoms with Gasteiger partial charge in [-0.3, -0.25) is 14.1 Å². The van der Waals surface area contributed by atoms with Crippen LogP contribution < -0.4 is 0 Å². The number of rotatable bonds is 5. The summed E-state index contributed by atoms with van der Waals surface area (Å²) < 4.78 is 33.3. The molecule has 7 atom stereocenters. The van der Waals surface area contributed by atoms with Crippen LogP contribution in [0.1, 0.15) is 72.1 Å². The molecule has 29 heavy (non-hydrogen) atoms. The van der Waals surface area contributed by atoms with Crippen molar-refractivity contribution in [3.63, 3.8) is 0 Å². The third kappa shape index (κ3) is 3.82. The Kier molecular flexibility index (Phi) is 5.61. The summed E-state index contributed by atoms with van der Waals surface area (Å²) in [5.41, 5.74) is -1.69. The van der Waals surface area contributed by atoms with Crippen molar-refractivity contribution >= 4 is 22.1 Å². The minimum Gasteiger partial charge on any atom is -0.481 e. The summed E-state index contributed by atoms with van der Waals surface area (Å²) in [6.07, 6.45) is 5.01. The number of hydrogen-bond acceptors (Lipinski definition) is 4. The molecular weight excluding hydrogens is 396 g/mol. The van der Waals surface area contributed by atoms with Crippen molar-refractivity contribution in [1.29, 1.82) is 0 Å². The first-order valence-corrected chi connectivity index (χ1v) is 12.2. The Morgan fingerprint density at radius 3 is 2.21 bits per heavy atom. The Morgan fingerprint density at radius 1 is 1.00 bits per heavy atom. The molecule has 0 aromatic rings. The molecule has 3 aliphatic carbocycles. The molecule has 0 amide bonds. The van der Waals surface area contributed by atoms with E-state index in [0.29, 0.717) is 25.7 Å². The van der Waals surface area contributed by atoms with Gasteiger partial charge in [0.05, 0.1) is 17.6 Å². The van der Waals surface area contributed by atoms with Crippen LogP contribution in [0.5, 0.6) is 0 Å². The number of carboxylic acid groups (broad SMARTS) is 2. The van der Waals surface area contributed by atoms with E-state index in [-0.39, 0.29) is 29.6 Å². The summed E-state index contributed by atoms with van der Waals surface area (Å²) in [6, 6.07) is 0. The molecule has 7 nitrogen and oxygen atoms in total. The minimum atomic E-state index is -4.25. The van der Waals surface area contributed by atoms with Gasteiger partial charge in [-0.1, -0.05) is 20.3 Å². The molecule has 8 heteroatoms. The molecule has 3 rings (SSSR count). The third-order valence-electron chi connectivity index (χ3n) is 9.00. The fraction of sp³-hybridized carbons (Fsp3) is 0.905. The van der Waals surface area contributed by atoms with Crippen molar-refractivity contribution in [2.45, 2.75) is 72.1 Å². The first-order chi connectivity index (χ1) is 13.2. The van der Waals surface area contributed by atoms with E-state index in [1.807, 2.05) is 13.8 Å². The second-order valence-corrected chi connectivity index (χ2v) is 12.1. The highest BCUT2D eigenvalue weighted by atomic mass is 32.2. The average molecular weight is 431 g/mol. The fourth-order valence-electron chi connectivity index (χ4n) is 7.64. The van der Waals surface area contributed by atoms with Gasteiger partial charge in [0.1, 0.15) is 0 Å². The smallest absolute Gasteiger partial charge is 0.309 e. The van der Waals surface area contributed by atoms with Crippen LogP contribution in [0, 0.1) is 39.9 Å². The van der Waals surface area contributed by atoms with Gasteiger partial charge < -0.3 is 10.2 Å². The largest absolute Gasteiger partial charge is 0.481 e. The summed E-state index contributed by atoms with van der Waals surface area (Å²) >= 11 is 0. The lowest BCUT2D eigenvalue weighted by Crippen LogP contribution is -2.59. The number of carbonyl (C=O) groups is 2. The highest BCUT2D eigenvalue weighted by Crippen LogP contribution is 2.67. The summed E-state index contributed by atoms with van der Waals surface area (Å²) in [7, 11) is -4.25. The molecule has 0 bridgehead atoms. The van der Waals surface area contributed by atoms with Crippen molar-refractivity contribution in [2.24, 2.45) is 39.9 Å². The van der Waals surface area contributed by atoms with Gasteiger partial charge in [-0.2, -0.15) is 8.42 Å². The van der Waals surface area contributed by atoms with Crippen molar-refractivity contribution in [1.82, 2.24) is 0 Å². The first-order valence-electron chi connectivity index (χ1n) is 10.6. The van der Waals surface area contributed by atoms with E-state index < -0.39 is 44.6 Å². The third-order valence-corrected chi connectivity index (χ3v) is 9.78. The first kappa shape index (κ1) is 22.5. The second kappa shape index (κ2) is 7.22. The molecule has 0 spiro atoms. The number of fused-ring (bicyclic) bond motifs is 3. The summed E-state index contributed by atoms with van der Waals surface area (Å²) in [4.78, 5) is 23.6. The van der Waals surface area contributed by atoms with Crippen LogP contribution in [-0.4, -0.2) is 40.9 Å². The molecule has 166 valence electrons. The van der Waals surface area contributed by atoms with Crippen LogP contribution in [0.2, 0.25) is 0 Å².